The molecule has 0 saturated carbocycles. The third-order valence-electron chi connectivity index (χ3n) is 2.98. The van der Waals surface area contributed by atoms with Gasteiger partial charge in [0.15, 0.2) is 0 Å². The number of hydrogen-bond donors (Lipinski definition) is 0. The monoisotopic (exact) mass is 444 g/mol. The Labute approximate surface area is 156 Å². The zero-order chi connectivity index (χ0) is 18.4. The Morgan fingerprint density at radius 3 is 2.88 bits per heavy atom. The average molecular weight is 445 g/mol. The van der Waals surface area contributed by atoms with Gasteiger partial charge in [0.05, 0.1) is 5.75 Å². The van der Waals surface area contributed by atoms with Crippen LogP contribution in [0.2, 0.25) is 0 Å². The molecule has 0 N–H and O–H groups in total. The predicted molar refractivity (Wildman–Crippen MR) is 98.9 cm³/mol. The molecule has 12 heteroatoms. The van der Waals surface area contributed by atoms with Crippen LogP contribution in [0.15, 0.2) is 34.2 Å². The van der Waals surface area contributed by atoms with E-state index in [0.29, 0.717) is 14.6 Å². The van der Waals surface area contributed by atoms with Gasteiger partial charge in [-0.1, -0.05) is 16.5 Å². The average Bonchev–Trinajstić information content (AvgIpc) is 2.95. The summed E-state index contributed by atoms with van der Waals surface area (Å²) in [6, 6.07) is 3.59. The van der Waals surface area contributed by atoms with Crippen molar-refractivity contribution in [3.63, 3.8) is 0 Å². The van der Waals surface area contributed by atoms with Crippen molar-refractivity contribution < 1.29 is 13.2 Å². The Morgan fingerprint density at radius 2 is 2.28 bits per heavy atom. The summed E-state index contributed by atoms with van der Waals surface area (Å²) >= 11 is 4.51. The molecule has 0 unspecified atom stereocenters. The molecule has 0 fully saturated rings. The Hall–Kier alpha value is -2.01. The number of hydrogen-bond acceptors (Lipinski definition) is 7. The fourth-order valence-corrected chi connectivity index (χ4v) is 4.08. The normalized spacial score (nSPS) is 11.0. The van der Waals surface area contributed by atoms with Crippen molar-refractivity contribution in [1.82, 2.24) is 9.97 Å². The number of anilines is 1. The molecule has 0 aliphatic carbocycles. The summed E-state index contributed by atoms with van der Waals surface area (Å²) in [5, 5.41) is 4.48. The molecule has 0 aliphatic rings. The van der Waals surface area contributed by atoms with Crippen molar-refractivity contribution in [1.29, 1.82) is 0 Å². The van der Waals surface area contributed by atoms with Crippen LogP contribution in [0.5, 0.6) is 0 Å². The lowest BCUT2D eigenvalue weighted by Crippen LogP contribution is -2.31. The summed E-state index contributed by atoms with van der Waals surface area (Å²) in [7, 11) is -3.29. The molecular weight excluding hydrogens is 432 g/mol. The zero-order valence-electron chi connectivity index (χ0n) is 13.0. The van der Waals surface area contributed by atoms with Gasteiger partial charge in [-0.15, -0.1) is 0 Å². The minimum Gasteiger partial charge on any atom is -0.296 e. The molecule has 0 spiro atoms. The first-order valence-electron chi connectivity index (χ1n) is 6.87. The van der Waals surface area contributed by atoms with E-state index in [1.807, 2.05) is 6.07 Å². The maximum Gasteiger partial charge on any atom is 0.228 e. The number of pyridine rings is 1. The second-order valence-electron chi connectivity index (χ2n) is 4.93. The molecule has 1 amide bonds. The van der Waals surface area contributed by atoms with Crippen LogP contribution in [-0.4, -0.2) is 43.0 Å². The van der Waals surface area contributed by atoms with Gasteiger partial charge < -0.3 is 0 Å². The third kappa shape index (κ3) is 5.49. The first kappa shape index (κ1) is 19.3. The van der Waals surface area contributed by atoms with Gasteiger partial charge in [0.1, 0.15) is 31.1 Å². The number of amides is 1. The number of azide groups is 1. The highest BCUT2D eigenvalue weighted by Crippen LogP contribution is 2.37. The summed E-state index contributed by atoms with van der Waals surface area (Å²) in [6.07, 6.45) is 4.11. The van der Waals surface area contributed by atoms with Crippen LogP contribution in [0, 0.1) is 0 Å². The topological polar surface area (TPSA) is 129 Å². The van der Waals surface area contributed by atoms with Crippen LogP contribution >= 0.6 is 27.3 Å². The minimum absolute atomic E-state index is 0.216. The van der Waals surface area contributed by atoms with E-state index in [-0.39, 0.29) is 18.8 Å². The molecule has 0 atom stereocenters. The summed E-state index contributed by atoms with van der Waals surface area (Å²) in [5.41, 5.74) is 9.32. The van der Waals surface area contributed by atoms with Crippen molar-refractivity contribution in [2.75, 3.05) is 23.6 Å². The number of sulfone groups is 1. The van der Waals surface area contributed by atoms with Gasteiger partial charge in [0, 0.05) is 35.5 Å². The molecule has 25 heavy (non-hydrogen) atoms. The summed E-state index contributed by atoms with van der Waals surface area (Å²) in [6.45, 7) is -0.258. The molecule has 0 radical (unpaired) electrons. The van der Waals surface area contributed by atoms with E-state index < -0.39 is 15.7 Å². The number of halogens is 1. The predicted octanol–water partition coefficient (Wildman–Crippen LogP) is 3.00. The first-order chi connectivity index (χ1) is 11.8. The lowest BCUT2D eigenvalue weighted by atomic mass is 10.3. The number of thiazole rings is 1. The molecule has 9 nitrogen and oxygen atoms in total. The fraction of sp³-hybridized carbons (Fsp3) is 0.308. The number of carbonyl (C=O) groups is 1. The minimum atomic E-state index is -3.29. The lowest BCUT2D eigenvalue weighted by molar-refractivity contribution is -0.118. The van der Waals surface area contributed by atoms with Gasteiger partial charge in [-0.2, -0.15) is 0 Å². The zero-order valence-corrected chi connectivity index (χ0v) is 16.3. The van der Waals surface area contributed by atoms with E-state index >= 15 is 0 Å². The van der Waals surface area contributed by atoms with E-state index in [2.05, 4.69) is 35.9 Å². The second kappa shape index (κ2) is 8.39. The van der Waals surface area contributed by atoms with Crippen LogP contribution in [0.25, 0.3) is 21.0 Å². The van der Waals surface area contributed by atoms with Crippen LogP contribution in [0.1, 0.15) is 6.42 Å². The Morgan fingerprint density at radius 1 is 1.52 bits per heavy atom. The molecule has 2 aromatic rings. The summed E-state index contributed by atoms with van der Waals surface area (Å²) in [4.78, 5) is 24.7. The molecule has 2 aromatic heterocycles. The van der Waals surface area contributed by atoms with Crippen LogP contribution < -0.4 is 4.90 Å². The van der Waals surface area contributed by atoms with Crippen LogP contribution in [-0.2, 0) is 14.6 Å². The van der Waals surface area contributed by atoms with Gasteiger partial charge >= 0.3 is 0 Å². The molecule has 0 aromatic carbocycles. The van der Waals surface area contributed by atoms with Crippen LogP contribution in [0.4, 0.5) is 5.00 Å². The van der Waals surface area contributed by atoms with Gasteiger partial charge in [-0.3, -0.25) is 14.7 Å². The molecule has 132 valence electrons. The maximum atomic E-state index is 12.4. The number of aromatic nitrogens is 2. The van der Waals surface area contributed by atoms with Gasteiger partial charge in [-0.25, -0.2) is 13.4 Å². The Kier molecular flexibility index (Phi) is 6.48. The van der Waals surface area contributed by atoms with Crippen molar-refractivity contribution in [2.45, 2.75) is 6.42 Å². The van der Waals surface area contributed by atoms with E-state index in [4.69, 9.17) is 5.53 Å². The highest BCUT2D eigenvalue weighted by atomic mass is 79.9. The smallest absolute Gasteiger partial charge is 0.228 e. The lowest BCUT2D eigenvalue weighted by Gasteiger charge is -2.18. The largest absolute Gasteiger partial charge is 0.296 e. The Balaban J connectivity index is 2.33. The van der Waals surface area contributed by atoms with Gasteiger partial charge in [0.25, 0.3) is 0 Å². The van der Waals surface area contributed by atoms with Crippen molar-refractivity contribution in [3.05, 3.63) is 39.6 Å². The standard InChI is InChI=1S/C13H13BrN6O3S2/c1-25(22,23)6-4-10(21)20(8-17-19-15)13-11(14)18-12(24-13)9-3-2-5-16-7-9/h2-3,5,7H,4,6,8H2,1H3. The maximum absolute atomic E-state index is 12.4. The van der Waals surface area contributed by atoms with Crippen molar-refractivity contribution >= 4 is 48.0 Å². The number of nitrogens with zero attached hydrogens (tertiary/aromatic N) is 6. The highest BCUT2D eigenvalue weighted by molar-refractivity contribution is 9.10. The number of carbonyl (C=O) groups excluding carboxylic acids is 1. The van der Waals surface area contributed by atoms with E-state index in [0.717, 1.165) is 11.8 Å². The molecule has 2 rings (SSSR count). The molecule has 2 heterocycles. The summed E-state index contributed by atoms with van der Waals surface area (Å²) < 4.78 is 23.0. The fourth-order valence-electron chi connectivity index (χ4n) is 1.83. The van der Waals surface area contributed by atoms with E-state index in [1.54, 1.807) is 18.5 Å². The second-order valence-corrected chi connectivity index (χ2v) is 8.92. The quantitative estimate of drug-likeness (QED) is 0.368. The third-order valence-corrected chi connectivity index (χ3v) is 5.87. The van der Waals surface area contributed by atoms with E-state index in [1.165, 1.54) is 16.2 Å². The summed E-state index contributed by atoms with van der Waals surface area (Å²) in [5.74, 6) is -0.760. The number of rotatable bonds is 7. The van der Waals surface area contributed by atoms with Crippen LogP contribution in [0.3, 0.4) is 0 Å². The van der Waals surface area contributed by atoms with Crippen molar-refractivity contribution in [3.8, 4) is 10.6 Å². The van der Waals surface area contributed by atoms with Crippen molar-refractivity contribution in [2.24, 2.45) is 5.11 Å². The molecule has 0 saturated heterocycles. The Bertz CT molecular complexity index is 909. The first-order valence-corrected chi connectivity index (χ1v) is 10.5. The molecule has 0 aliphatic heterocycles. The van der Waals surface area contributed by atoms with E-state index in [9.17, 15) is 13.2 Å². The molecule has 0 bridgehead atoms. The highest BCUT2D eigenvalue weighted by Gasteiger charge is 2.23. The SMILES string of the molecule is CS(=O)(=O)CCC(=O)N(CN=[N+]=[N-])c1sc(-c2cccnc2)nc1Br. The van der Waals surface area contributed by atoms with Gasteiger partial charge in [0.2, 0.25) is 5.91 Å². The molecular formula is C13H13BrN6O3S2. The van der Waals surface area contributed by atoms with Gasteiger partial charge in [-0.05, 0) is 33.6 Å².